The SMILES string of the molecule is CC(N)CNC(C)(C)C. The Morgan fingerprint density at radius 2 is 1.89 bits per heavy atom. The molecule has 0 aromatic rings. The molecule has 0 heterocycles. The normalized spacial score (nSPS) is 15.7. The van der Waals surface area contributed by atoms with Crippen LogP contribution in [0.1, 0.15) is 27.7 Å². The van der Waals surface area contributed by atoms with Crippen molar-refractivity contribution in [2.45, 2.75) is 39.3 Å². The summed E-state index contributed by atoms with van der Waals surface area (Å²) in [6.45, 7) is 9.29. The second kappa shape index (κ2) is 3.18. The lowest BCUT2D eigenvalue weighted by molar-refractivity contribution is 0.412. The first-order valence-electron chi connectivity index (χ1n) is 3.42. The third kappa shape index (κ3) is 7.92. The van der Waals surface area contributed by atoms with E-state index in [1.165, 1.54) is 0 Å². The molecule has 0 bridgehead atoms. The molecule has 0 spiro atoms. The number of rotatable bonds is 2. The van der Waals surface area contributed by atoms with Crippen molar-refractivity contribution in [2.24, 2.45) is 5.73 Å². The van der Waals surface area contributed by atoms with Crippen LogP contribution in [-0.2, 0) is 0 Å². The first-order chi connectivity index (χ1) is 3.92. The topological polar surface area (TPSA) is 38.0 Å². The Kier molecular flexibility index (Phi) is 3.15. The van der Waals surface area contributed by atoms with Gasteiger partial charge in [0, 0.05) is 18.1 Å². The summed E-state index contributed by atoms with van der Waals surface area (Å²) in [5.41, 5.74) is 5.74. The van der Waals surface area contributed by atoms with Crippen molar-refractivity contribution < 1.29 is 0 Å². The van der Waals surface area contributed by atoms with Gasteiger partial charge in [-0.25, -0.2) is 0 Å². The molecule has 0 aliphatic carbocycles. The summed E-state index contributed by atoms with van der Waals surface area (Å²) in [4.78, 5) is 0. The summed E-state index contributed by atoms with van der Waals surface area (Å²) in [6, 6.07) is 0.254. The fourth-order valence-corrected chi connectivity index (χ4v) is 0.467. The predicted molar refractivity (Wildman–Crippen MR) is 41.4 cm³/mol. The van der Waals surface area contributed by atoms with E-state index in [9.17, 15) is 0 Å². The predicted octanol–water partition coefficient (Wildman–Crippen LogP) is 0.722. The van der Waals surface area contributed by atoms with E-state index in [0.29, 0.717) is 0 Å². The lowest BCUT2D eigenvalue weighted by atomic mass is 10.1. The van der Waals surface area contributed by atoms with Gasteiger partial charge in [-0.05, 0) is 27.7 Å². The fraction of sp³-hybridized carbons (Fsp3) is 1.00. The smallest absolute Gasteiger partial charge is 0.0136 e. The summed E-state index contributed by atoms with van der Waals surface area (Å²) in [6.07, 6.45) is 0. The quantitative estimate of drug-likeness (QED) is 0.578. The number of hydrogen-bond donors (Lipinski definition) is 2. The molecular formula is C7H18N2. The molecule has 2 heteroatoms. The highest BCUT2D eigenvalue weighted by Gasteiger charge is 2.08. The lowest BCUT2D eigenvalue weighted by Crippen LogP contribution is -2.42. The van der Waals surface area contributed by atoms with Crippen LogP contribution in [-0.4, -0.2) is 18.1 Å². The minimum Gasteiger partial charge on any atom is -0.327 e. The van der Waals surface area contributed by atoms with Gasteiger partial charge in [-0.2, -0.15) is 0 Å². The molecule has 0 radical (unpaired) electrons. The first kappa shape index (κ1) is 8.92. The second-order valence-corrected chi connectivity index (χ2v) is 3.61. The van der Waals surface area contributed by atoms with Crippen LogP contribution in [0.5, 0.6) is 0 Å². The molecule has 0 amide bonds. The Bertz CT molecular complexity index is 71.5. The molecule has 56 valence electrons. The summed E-state index contributed by atoms with van der Waals surface area (Å²) in [7, 11) is 0. The molecule has 1 atom stereocenters. The van der Waals surface area contributed by atoms with Crippen LogP contribution in [0, 0.1) is 0 Å². The van der Waals surface area contributed by atoms with Gasteiger partial charge in [0.15, 0.2) is 0 Å². The van der Waals surface area contributed by atoms with Gasteiger partial charge in [0.05, 0.1) is 0 Å². The minimum absolute atomic E-state index is 0.202. The average molecular weight is 130 g/mol. The molecule has 0 rings (SSSR count). The van der Waals surface area contributed by atoms with Crippen LogP contribution in [0.4, 0.5) is 0 Å². The van der Waals surface area contributed by atoms with Gasteiger partial charge in [-0.3, -0.25) is 0 Å². The van der Waals surface area contributed by atoms with Gasteiger partial charge in [0.25, 0.3) is 0 Å². The summed E-state index contributed by atoms with van der Waals surface area (Å²) >= 11 is 0. The molecule has 1 unspecified atom stereocenters. The third-order valence-electron chi connectivity index (χ3n) is 0.954. The number of nitrogens with one attached hydrogen (secondary N) is 1. The van der Waals surface area contributed by atoms with Crippen molar-refractivity contribution in [1.82, 2.24) is 5.32 Å². The maximum Gasteiger partial charge on any atom is 0.0136 e. The zero-order chi connectivity index (χ0) is 7.49. The van der Waals surface area contributed by atoms with Gasteiger partial charge in [0.2, 0.25) is 0 Å². The van der Waals surface area contributed by atoms with E-state index >= 15 is 0 Å². The van der Waals surface area contributed by atoms with Crippen LogP contribution in [0.3, 0.4) is 0 Å². The molecule has 9 heavy (non-hydrogen) atoms. The Morgan fingerprint density at radius 1 is 1.44 bits per heavy atom. The third-order valence-corrected chi connectivity index (χ3v) is 0.954. The molecule has 0 fully saturated rings. The van der Waals surface area contributed by atoms with Crippen molar-refractivity contribution in [3.63, 3.8) is 0 Å². The maximum absolute atomic E-state index is 5.54. The van der Waals surface area contributed by atoms with E-state index in [4.69, 9.17) is 5.73 Å². The molecule has 0 aliphatic rings. The highest BCUT2D eigenvalue weighted by molar-refractivity contribution is 4.72. The van der Waals surface area contributed by atoms with E-state index in [0.717, 1.165) is 6.54 Å². The molecule has 0 aromatic carbocycles. The summed E-state index contributed by atoms with van der Waals surface area (Å²) in [5, 5.41) is 3.30. The molecular weight excluding hydrogens is 112 g/mol. The Labute approximate surface area is 57.8 Å². The highest BCUT2D eigenvalue weighted by atomic mass is 15.0. The monoisotopic (exact) mass is 130 g/mol. The summed E-state index contributed by atoms with van der Waals surface area (Å²) < 4.78 is 0. The minimum atomic E-state index is 0.202. The zero-order valence-corrected chi connectivity index (χ0v) is 6.86. The van der Waals surface area contributed by atoms with Gasteiger partial charge in [0.1, 0.15) is 0 Å². The van der Waals surface area contributed by atoms with Gasteiger partial charge in [-0.15, -0.1) is 0 Å². The standard InChI is InChI=1S/C7H18N2/c1-6(8)5-9-7(2,3)4/h6,9H,5,8H2,1-4H3. The average Bonchev–Trinajstić information content (AvgIpc) is 1.59. The molecule has 0 saturated heterocycles. The van der Waals surface area contributed by atoms with E-state index in [1.54, 1.807) is 0 Å². The Balaban J connectivity index is 3.28. The van der Waals surface area contributed by atoms with Crippen molar-refractivity contribution in [1.29, 1.82) is 0 Å². The van der Waals surface area contributed by atoms with Crippen molar-refractivity contribution in [3.8, 4) is 0 Å². The molecule has 0 saturated carbocycles. The molecule has 0 aromatic heterocycles. The Morgan fingerprint density at radius 3 is 2.00 bits per heavy atom. The fourth-order valence-electron chi connectivity index (χ4n) is 0.467. The van der Waals surface area contributed by atoms with Crippen molar-refractivity contribution >= 4 is 0 Å². The first-order valence-corrected chi connectivity index (χ1v) is 3.42. The van der Waals surface area contributed by atoms with Gasteiger partial charge >= 0.3 is 0 Å². The Hall–Kier alpha value is -0.0800. The van der Waals surface area contributed by atoms with Crippen LogP contribution in [0.25, 0.3) is 0 Å². The van der Waals surface area contributed by atoms with Crippen LogP contribution < -0.4 is 11.1 Å². The summed E-state index contributed by atoms with van der Waals surface area (Å²) in [5.74, 6) is 0. The van der Waals surface area contributed by atoms with E-state index in [2.05, 4.69) is 26.1 Å². The van der Waals surface area contributed by atoms with Gasteiger partial charge in [-0.1, -0.05) is 0 Å². The molecule has 2 nitrogen and oxygen atoms in total. The second-order valence-electron chi connectivity index (χ2n) is 3.61. The van der Waals surface area contributed by atoms with Crippen LogP contribution in [0.2, 0.25) is 0 Å². The highest BCUT2D eigenvalue weighted by Crippen LogP contribution is 1.96. The van der Waals surface area contributed by atoms with Crippen molar-refractivity contribution in [2.75, 3.05) is 6.54 Å². The van der Waals surface area contributed by atoms with E-state index in [-0.39, 0.29) is 11.6 Å². The number of hydrogen-bond acceptors (Lipinski definition) is 2. The van der Waals surface area contributed by atoms with E-state index < -0.39 is 0 Å². The largest absolute Gasteiger partial charge is 0.327 e. The lowest BCUT2D eigenvalue weighted by Gasteiger charge is -2.21. The van der Waals surface area contributed by atoms with E-state index in [1.807, 2.05) is 6.92 Å². The van der Waals surface area contributed by atoms with Crippen LogP contribution in [0.15, 0.2) is 0 Å². The maximum atomic E-state index is 5.54. The molecule has 3 N–H and O–H groups in total. The molecule has 0 aliphatic heterocycles. The zero-order valence-electron chi connectivity index (χ0n) is 6.86. The van der Waals surface area contributed by atoms with Crippen molar-refractivity contribution in [3.05, 3.63) is 0 Å². The van der Waals surface area contributed by atoms with Gasteiger partial charge < -0.3 is 11.1 Å². The van der Waals surface area contributed by atoms with Crippen LogP contribution >= 0.6 is 0 Å². The number of nitrogens with two attached hydrogens (primary N) is 1.